The summed E-state index contributed by atoms with van der Waals surface area (Å²) in [7, 11) is 0. The highest BCUT2D eigenvalue weighted by Gasteiger charge is 2.36. The molecular formula is C24H26N2O4S. The number of nitrogens with one attached hydrogen (secondary N) is 1. The molecule has 1 aliphatic heterocycles. The van der Waals surface area contributed by atoms with Gasteiger partial charge in [0.25, 0.3) is 11.1 Å². The summed E-state index contributed by atoms with van der Waals surface area (Å²) in [6, 6.07) is 13.0. The molecule has 2 aromatic rings. The summed E-state index contributed by atoms with van der Waals surface area (Å²) in [5.41, 5.74) is 3.33. The molecule has 1 aliphatic rings. The Morgan fingerprint density at radius 3 is 2.42 bits per heavy atom. The molecule has 1 fully saturated rings. The summed E-state index contributed by atoms with van der Waals surface area (Å²) in [5.74, 6) is -0.105. The van der Waals surface area contributed by atoms with E-state index in [0.29, 0.717) is 17.2 Å². The largest absolute Gasteiger partial charge is 0.494 e. The number of nitrogens with zero attached hydrogens (tertiary/aromatic N) is 1. The van der Waals surface area contributed by atoms with Gasteiger partial charge in [-0.15, -0.1) is 0 Å². The summed E-state index contributed by atoms with van der Waals surface area (Å²) in [6.45, 7) is 6.24. The molecule has 162 valence electrons. The Labute approximate surface area is 186 Å². The van der Waals surface area contributed by atoms with Crippen LogP contribution in [0.1, 0.15) is 36.5 Å². The maximum atomic E-state index is 12.7. The fourth-order valence-corrected chi connectivity index (χ4v) is 3.95. The minimum absolute atomic E-state index is 0.296. The van der Waals surface area contributed by atoms with Crippen molar-refractivity contribution in [2.45, 2.75) is 33.6 Å². The molecule has 3 rings (SSSR count). The van der Waals surface area contributed by atoms with Gasteiger partial charge in [0.05, 0.1) is 11.5 Å². The number of carbonyl (C=O) groups is 3. The fourth-order valence-electron chi connectivity index (χ4n) is 3.12. The smallest absolute Gasteiger partial charge is 0.294 e. The predicted octanol–water partition coefficient (Wildman–Crippen LogP) is 5.16. The van der Waals surface area contributed by atoms with Crippen molar-refractivity contribution in [3.05, 3.63) is 64.1 Å². The van der Waals surface area contributed by atoms with E-state index in [9.17, 15) is 14.4 Å². The van der Waals surface area contributed by atoms with Crippen LogP contribution in [0.25, 0.3) is 6.08 Å². The van der Waals surface area contributed by atoms with E-state index in [4.69, 9.17) is 4.74 Å². The maximum Gasteiger partial charge on any atom is 0.294 e. The van der Waals surface area contributed by atoms with Gasteiger partial charge >= 0.3 is 0 Å². The van der Waals surface area contributed by atoms with Gasteiger partial charge in [0.2, 0.25) is 5.91 Å². The second-order valence-corrected chi connectivity index (χ2v) is 8.35. The zero-order chi connectivity index (χ0) is 22.4. The van der Waals surface area contributed by atoms with Crippen LogP contribution in [0.15, 0.2) is 47.4 Å². The number of hydrogen-bond donors (Lipinski definition) is 1. The number of anilines is 1. The molecule has 0 aromatic heterocycles. The molecule has 0 saturated carbocycles. The van der Waals surface area contributed by atoms with Crippen molar-refractivity contribution in [2.75, 3.05) is 18.5 Å². The van der Waals surface area contributed by atoms with Gasteiger partial charge in [-0.2, -0.15) is 0 Å². The molecule has 0 atom stereocenters. The lowest BCUT2D eigenvalue weighted by Crippen LogP contribution is -2.36. The van der Waals surface area contributed by atoms with Crippen LogP contribution in [0.2, 0.25) is 0 Å². The van der Waals surface area contributed by atoms with E-state index in [1.54, 1.807) is 6.08 Å². The highest BCUT2D eigenvalue weighted by atomic mass is 32.2. The Balaban J connectivity index is 1.64. The number of ether oxygens (including phenoxy) is 1. The van der Waals surface area contributed by atoms with Crippen molar-refractivity contribution in [1.82, 2.24) is 4.90 Å². The van der Waals surface area contributed by atoms with Crippen molar-refractivity contribution in [3.8, 4) is 5.75 Å². The van der Waals surface area contributed by atoms with Gasteiger partial charge < -0.3 is 10.1 Å². The molecule has 0 radical (unpaired) electrons. The molecule has 6 nitrogen and oxygen atoms in total. The Morgan fingerprint density at radius 1 is 1.10 bits per heavy atom. The van der Waals surface area contributed by atoms with E-state index in [-0.39, 0.29) is 6.54 Å². The minimum Gasteiger partial charge on any atom is -0.494 e. The van der Waals surface area contributed by atoms with E-state index in [0.717, 1.165) is 51.9 Å². The monoisotopic (exact) mass is 438 g/mol. The first kappa shape index (κ1) is 22.6. The quantitative estimate of drug-likeness (QED) is 0.455. The second-order valence-electron chi connectivity index (χ2n) is 7.35. The SMILES string of the molecule is CCCCOc1ccc(/C=C2\SC(=O)N(CC(=O)Nc3c(C)cccc3C)C2=O)cc1. The van der Waals surface area contributed by atoms with Crippen LogP contribution in [-0.2, 0) is 9.59 Å². The highest BCUT2D eigenvalue weighted by molar-refractivity contribution is 8.18. The summed E-state index contributed by atoms with van der Waals surface area (Å²) < 4.78 is 5.64. The molecule has 0 bridgehead atoms. The standard InChI is InChI=1S/C24H26N2O4S/c1-4-5-13-30-19-11-9-18(10-12-19)14-20-23(28)26(24(29)31-20)15-21(27)25-22-16(2)7-6-8-17(22)3/h6-12,14H,4-5,13,15H2,1-3H3,(H,25,27)/b20-14-. The normalized spacial score (nSPS) is 14.9. The fraction of sp³-hybridized carbons (Fsp3) is 0.292. The first-order chi connectivity index (χ1) is 14.9. The highest BCUT2D eigenvalue weighted by Crippen LogP contribution is 2.32. The van der Waals surface area contributed by atoms with Crippen LogP contribution >= 0.6 is 11.8 Å². The van der Waals surface area contributed by atoms with Crippen molar-refractivity contribution >= 4 is 40.6 Å². The Kier molecular flexibility index (Phi) is 7.52. The van der Waals surface area contributed by atoms with Gasteiger partial charge in [-0.25, -0.2) is 0 Å². The zero-order valence-electron chi connectivity index (χ0n) is 17.9. The van der Waals surface area contributed by atoms with Crippen LogP contribution in [0, 0.1) is 13.8 Å². The van der Waals surface area contributed by atoms with Crippen LogP contribution in [-0.4, -0.2) is 35.1 Å². The third kappa shape index (κ3) is 5.76. The van der Waals surface area contributed by atoms with Gasteiger partial charge in [-0.3, -0.25) is 19.3 Å². The first-order valence-electron chi connectivity index (χ1n) is 10.2. The summed E-state index contributed by atoms with van der Waals surface area (Å²) in [6.07, 6.45) is 3.71. The number of para-hydroxylation sites is 1. The third-order valence-electron chi connectivity index (χ3n) is 4.87. The number of rotatable bonds is 8. The lowest BCUT2D eigenvalue weighted by atomic mass is 10.1. The number of hydrogen-bond acceptors (Lipinski definition) is 5. The van der Waals surface area contributed by atoms with E-state index < -0.39 is 17.1 Å². The van der Waals surface area contributed by atoms with Crippen molar-refractivity contribution in [3.63, 3.8) is 0 Å². The number of thioether (sulfide) groups is 1. The van der Waals surface area contributed by atoms with Gasteiger partial charge in [-0.1, -0.05) is 43.7 Å². The average Bonchev–Trinajstić information content (AvgIpc) is 2.99. The first-order valence-corrected chi connectivity index (χ1v) is 11.0. The minimum atomic E-state index is -0.463. The van der Waals surface area contributed by atoms with E-state index >= 15 is 0 Å². The molecule has 7 heteroatoms. The number of amides is 3. The predicted molar refractivity (Wildman–Crippen MR) is 124 cm³/mol. The lowest BCUT2D eigenvalue weighted by molar-refractivity contribution is -0.127. The third-order valence-corrected chi connectivity index (χ3v) is 5.77. The molecule has 31 heavy (non-hydrogen) atoms. The van der Waals surface area contributed by atoms with Crippen molar-refractivity contribution in [1.29, 1.82) is 0 Å². The summed E-state index contributed by atoms with van der Waals surface area (Å²) in [4.78, 5) is 38.8. The van der Waals surface area contributed by atoms with E-state index in [2.05, 4.69) is 12.2 Å². The molecule has 1 N–H and O–H groups in total. The molecule has 0 unspecified atom stereocenters. The number of benzene rings is 2. The zero-order valence-corrected chi connectivity index (χ0v) is 18.8. The van der Waals surface area contributed by atoms with Crippen LogP contribution in [0.3, 0.4) is 0 Å². The molecule has 0 spiro atoms. The van der Waals surface area contributed by atoms with Gasteiger partial charge in [0.1, 0.15) is 12.3 Å². The molecule has 0 aliphatic carbocycles. The molecule has 1 heterocycles. The van der Waals surface area contributed by atoms with Crippen molar-refractivity contribution < 1.29 is 19.1 Å². The van der Waals surface area contributed by atoms with Gasteiger partial charge in [-0.05, 0) is 66.9 Å². The number of imide groups is 1. The summed E-state index contributed by atoms with van der Waals surface area (Å²) in [5, 5.41) is 2.36. The molecular weight excluding hydrogens is 412 g/mol. The second kappa shape index (κ2) is 10.3. The Morgan fingerprint density at radius 2 is 1.77 bits per heavy atom. The number of carbonyl (C=O) groups excluding carboxylic acids is 3. The van der Waals surface area contributed by atoms with Crippen LogP contribution in [0.5, 0.6) is 5.75 Å². The number of unbranched alkanes of at least 4 members (excludes halogenated alkanes) is 1. The van der Waals surface area contributed by atoms with Crippen molar-refractivity contribution in [2.24, 2.45) is 0 Å². The van der Waals surface area contributed by atoms with E-state index in [1.165, 1.54) is 0 Å². The van der Waals surface area contributed by atoms with E-state index in [1.807, 2.05) is 56.3 Å². The lowest BCUT2D eigenvalue weighted by Gasteiger charge is -2.15. The molecule has 3 amide bonds. The molecule has 1 saturated heterocycles. The van der Waals surface area contributed by atoms with Gasteiger partial charge in [0, 0.05) is 5.69 Å². The van der Waals surface area contributed by atoms with Crippen LogP contribution in [0.4, 0.5) is 10.5 Å². The molecule has 2 aromatic carbocycles. The van der Waals surface area contributed by atoms with Gasteiger partial charge in [0.15, 0.2) is 0 Å². The Hall–Kier alpha value is -3.06. The van der Waals surface area contributed by atoms with Crippen LogP contribution < -0.4 is 10.1 Å². The Bertz CT molecular complexity index is 994. The number of aryl methyl sites for hydroxylation is 2. The average molecular weight is 439 g/mol. The topological polar surface area (TPSA) is 75.7 Å². The summed E-state index contributed by atoms with van der Waals surface area (Å²) >= 11 is 0.840. The maximum absolute atomic E-state index is 12.7.